The van der Waals surface area contributed by atoms with Gasteiger partial charge in [-0.15, -0.1) is 0 Å². The molecule has 4 heteroatoms. The fourth-order valence-corrected chi connectivity index (χ4v) is 2.17. The van der Waals surface area contributed by atoms with E-state index in [-0.39, 0.29) is 0 Å². The van der Waals surface area contributed by atoms with Crippen molar-refractivity contribution in [3.63, 3.8) is 0 Å². The van der Waals surface area contributed by atoms with Crippen LogP contribution in [-0.4, -0.2) is 43.6 Å². The summed E-state index contributed by atoms with van der Waals surface area (Å²) in [7, 11) is 0. The van der Waals surface area contributed by atoms with Crippen molar-refractivity contribution < 1.29 is 14.6 Å². The molecule has 0 aliphatic carbocycles. The summed E-state index contributed by atoms with van der Waals surface area (Å²) in [6.07, 6.45) is 1.71. The summed E-state index contributed by atoms with van der Waals surface area (Å²) >= 11 is 0. The number of rotatable bonds is 6. The van der Waals surface area contributed by atoms with E-state index in [0.717, 1.165) is 37.4 Å². The Morgan fingerprint density at radius 3 is 3.05 bits per heavy atom. The monoisotopic (exact) mass is 265 g/mol. The van der Waals surface area contributed by atoms with Crippen LogP contribution in [0.5, 0.6) is 5.75 Å². The minimum Gasteiger partial charge on any atom is -0.491 e. The Labute approximate surface area is 114 Å². The van der Waals surface area contributed by atoms with Crippen molar-refractivity contribution in [3.05, 3.63) is 29.8 Å². The molecule has 106 valence electrons. The summed E-state index contributed by atoms with van der Waals surface area (Å²) < 4.78 is 11.0. The normalized spacial score (nSPS) is 21.1. The third-order valence-corrected chi connectivity index (χ3v) is 3.33. The van der Waals surface area contributed by atoms with Crippen LogP contribution in [0.25, 0.3) is 0 Å². The van der Waals surface area contributed by atoms with Gasteiger partial charge in [-0.25, -0.2) is 0 Å². The second kappa shape index (κ2) is 7.48. The molecule has 1 aliphatic rings. The van der Waals surface area contributed by atoms with Crippen molar-refractivity contribution in [1.82, 2.24) is 5.32 Å². The molecule has 2 N–H and O–H groups in total. The molecule has 2 atom stereocenters. The zero-order chi connectivity index (χ0) is 13.5. The smallest absolute Gasteiger partial charge is 0.122 e. The molecule has 1 heterocycles. The second-order valence-electron chi connectivity index (χ2n) is 5.05. The van der Waals surface area contributed by atoms with Crippen LogP contribution >= 0.6 is 0 Å². The maximum Gasteiger partial charge on any atom is 0.122 e. The third-order valence-electron chi connectivity index (χ3n) is 3.33. The van der Waals surface area contributed by atoms with Gasteiger partial charge in [0.1, 0.15) is 18.5 Å². The van der Waals surface area contributed by atoms with Gasteiger partial charge < -0.3 is 19.9 Å². The molecule has 0 aromatic heterocycles. The summed E-state index contributed by atoms with van der Waals surface area (Å²) in [6.45, 7) is 4.45. The third kappa shape index (κ3) is 4.82. The molecule has 0 amide bonds. The van der Waals surface area contributed by atoms with Crippen LogP contribution in [0.3, 0.4) is 0 Å². The standard InChI is InChI=1S/C15H23NO3/c1-12-5-2-3-7-15(12)19-11-14(17)9-16-13-6-4-8-18-10-13/h2-3,5,7,13-14,16-17H,4,6,8-11H2,1H3. The number of para-hydroxylation sites is 1. The summed E-state index contributed by atoms with van der Waals surface area (Å²) in [6, 6.07) is 8.20. The molecule has 0 spiro atoms. The first-order chi connectivity index (χ1) is 9.25. The first-order valence-corrected chi connectivity index (χ1v) is 6.93. The Kier molecular flexibility index (Phi) is 5.63. The fourth-order valence-electron chi connectivity index (χ4n) is 2.17. The molecule has 4 nitrogen and oxygen atoms in total. The Hall–Kier alpha value is -1.10. The van der Waals surface area contributed by atoms with Gasteiger partial charge in [0, 0.05) is 19.2 Å². The summed E-state index contributed by atoms with van der Waals surface area (Å²) in [5, 5.41) is 13.2. The summed E-state index contributed by atoms with van der Waals surface area (Å²) in [5.74, 6) is 0.836. The van der Waals surface area contributed by atoms with Crippen LogP contribution in [-0.2, 0) is 4.74 Å². The van der Waals surface area contributed by atoms with Gasteiger partial charge in [0.2, 0.25) is 0 Å². The molecule has 1 fully saturated rings. The minimum atomic E-state index is -0.499. The second-order valence-corrected chi connectivity index (χ2v) is 5.05. The Balaban J connectivity index is 1.66. The van der Waals surface area contributed by atoms with Gasteiger partial charge >= 0.3 is 0 Å². The summed E-state index contributed by atoms with van der Waals surface area (Å²) in [5.41, 5.74) is 1.09. The number of aliphatic hydroxyl groups excluding tert-OH is 1. The van der Waals surface area contributed by atoms with Crippen molar-refractivity contribution in [1.29, 1.82) is 0 Å². The van der Waals surface area contributed by atoms with E-state index in [1.807, 2.05) is 31.2 Å². The zero-order valence-electron chi connectivity index (χ0n) is 11.5. The minimum absolute atomic E-state index is 0.311. The quantitative estimate of drug-likeness (QED) is 0.818. The van der Waals surface area contributed by atoms with Crippen molar-refractivity contribution in [3.8, 4) is 5.75 Å². The van der Waals surface area contributed by atoms with Crippen LogP contribution < -0.4 is 10.1 Å². The van der Waals surface area contributed by atoms with Crippen LogP contribution in [0.15, 0.2) is 24.3 Å². The molecule has 1 aromatic rings. The van der Waals surface area contributed by atoms with E-state index >= 15 is 0 Å². The highest BCUT2D eigenvalue weighted by Crippen LogP contribution is 2.16. The van der Waals surface area contributed by atoms with Crippen molar-refractivity contribution in [2.45, 2.75) is 31.9 Å². The molecule has 1 aliphatic heterocycles. The molecule has 19 heavy (non-hydrogen) atoms. The number of benzene rings is 1. The van der Waals surface area contributed by atoms with Crippen LogP contribution in [0.4, 0.5) is 0 Å². The maximum atomic E-state index is 9.90. The first kappa shape index (κ1) is 14.3. The van der Waals surface area contributed by atoms with Crippen molar-refractivity contribution >= 4 is 0 Å². The number of ether oxygens (including phenoxy) is 2. The van der Waals surface area contributed by atoms with Gasteiger partial charge in [-0.3, -0.25) is 0 Å². The van der Waals surface area contributed by atoms with Crippen LogP contribution in [0, 0.1) is 6.92 Å². The van der Waals surface area contributed by atoms with Crippen LogP contribution in [0.1, 0.15) is 18.4 Å². The lowest BCUT2D eigenvalue weighted by atomic mass is 10.1. The lowest BCUT2D eigenvalue weighted by molar-refractivity contribution is 0.0571. The van der Waals surface area contributed by atoms with E-state index in [0.29, 0.717) is 19.2 Å². The predicted octanol–water partition coefficient (Wildman–Crippen LogP) is 1.50. The lowest BCUT2D eigenvalue weighted by Gasteiger charge is -2.24. The molecule has 2 rings (SSSR count). The highest BCUT2D eigenvalue weighted by Gasteiger charge is 2.15. The van der Waals surface area contributed by atoms with E-state index in [1.54, 1.807) is 0 Å². The highest BCUT2D eigenvalue weighted by molar-refractivity contribution is 5.31. The molecular weight excluding hydrogens is 242 g/mol. The number of aliphatic hydroxyl groups is 1. The SMILES string of the molecule is Cc1ccccc1OCC(O)CNC1CCCOC1. The molecule has 1 aromatic carbocycles. The van der Waals surface area contributed by atoms with Crippen LogP contribution in [0.2, 0.25) is 0 Å². The molecule has 2 unspecified atom stereocenters. The summed E-state index contributed by atoms with van der Waals surface area (Å²) in [4.78, 5) is 0. The van der Waals surface area contributed by atoms with E-state index in [9.17, 15) is 5.11 Å². The highest BCUT2D eigenvalue weighted by atomic mass is 16.5. The Bertz CT molecular complexity index is 377. The largest absolute Gasteiger partial charge is 0.491 e. The molecular formula is C15H23NO3. The average Bonchev–Trinajstić information content (AvgIpc) is 2.45. The van der Waals surface area contributed by atoms with E-state index in [2.05, 4.69) is 5.32 Å². The lowest BCUT2D eigenvalue weighted by Crippen LogP contribution is -2.42. The predicted molar refractivity (Wildman–Crippen MR) is 74.5 cm³/mol. The van der Waals surface area contributed by atoms with Gasteiger partial charge in [-0.1, -0.05) is 18.2 Å². The average molecular weight is 265 g/mol. The maximum absolute atomic E-state index is 9.90. The van der Waals surface area contributed by atoms with Crippen molar-refractivity contribution in [2.75, 3.05) is 26.4 Å². The Morgan fingerprint density at radius 1 is 1.47 bits per heavy atom. The fraction of sp³-hybridized carbons (Fsp3) is 0.600. The Morgan fingerprint density at radius 2 is 2.32 bits per heavy atom. The number of hydrogen-bond acceptors (Lipinski definition) is 4. The molecule has 0 radical (unpaired) electrons. The first-order valence-electron chi connectivity index (χ1n) is 6.93. The zero-order valence-corrected chi connectivity index (χ0v) is 11.5. The van der Waals surface area contributed by atoms with E-state index < -0.39 is 6.10 Å². The van der Waals surface area contributed by atoms with Gasteiger partial charge in [-0.05, 0) is 31.4 Å². The topological polar surface area (TPSA) is 50.7 Å². The number of nitrogens with one attached hydrogen (secondary N) is 1. The van der Waals surface area contributed by atoms with Gasteiger partial charge in [0.25, 0.3) is 0 Å². The van der Waals surface area contributed by atoms with E-state index in [1.165, 1.54) is 0 Å². The van der Waals surface area contributed by atoms with Gasteiger partial charge in [0.05, 0.1) is 6.61 Å². The molecule has 1 saturated heterocycles. The van der Waals surface area contributed by atoms with Gasteiger partial charge in [0.15, 0.2) is 0 Å². The molecule has 0 bridgehead atoms. The number of hydrogen-bond donors (Lipinski definition) is 2. The van der Waals surface area contributed by atoms with E-state index in [4.69, 9.17) is 9.47 Å². The number of aryl methyl sites for hydroxylation is 1. The van der Waals surface area contributed by atoms with Gasteiger partial charge in [-0.2, -0.15) is 0 Å². The van der Waals surface area contributed by atoms with Crippen molar-refractivity contribution in [2.24, 2.45) is 0 Å². The molecule has 0 saturated carbocycles.